The van der Waals surface area contributed by atoms with E-state index < -0.39 is 42.5 Å². The van der Waals surface area contributed by atoms with E-state index in [-0.39, 0.29) is 18.7 Å². The zero-order valence-electron chi connectivity index (χ0n) is 11.5. The van der Waals surface area contributed by atoms with Gasteiger partial charge in [-0.2, -0.15) is 0 Å². The average molecular weight is 304 g/mol. The molecule has 1 saturated heterocycles. The Bertz CT molecular complexity index is 515. The van der Waals surface area contributed by atoms with Crippen LogP contribution >= 0.6 is 0 Å². The van der Waals surface area contributed by atoms with Gasteiger partial charge in [0, 0.05) is 18.5 Å². The molecule has 1 fully saturated rings. The molecule has 1 heterocycles. The van der Waals surface area contributed by atoms with Gasteiger partial charge in [-0.25, -0.2) is 17.6 Å². The number of hydrogen-bond donors (Lipinski definition) is 1. The van der Waals surface area contributed by atoms with Crippen molar-refractivity contribution in [2.75, 3.05) is 13.1 Å². The molecule has 1 aromatic carbocycles. The van der Waals surface area contributed by atoms with Crippen LogP contribution in [-0.2, 0) is 11.3 Å². The second-order valence-electron chi connectivity index (χ2n) is 5.05. The Balaban J connectivity index is 2.12. The van der Waals surface area contributed by atoms with E-state index in [2.05, 4.69) is 5.32 Å². The highest BCUT2D eigenvalue weighted by atomic mass is 19.3. The summed E-state index contributed by atoms with van der Waals surface area (Å²) in [5.74, 6) is -5.02. The van der Waals surface area contributed by atoms with E-state index in [1.54, 1.807) is 6.92 Å². The number of carbonyl (C=O) groups is 1. The molecule has 1 unspecified atom stereocenters. The first-order chi connectivity index (χ1) is 9.84. The Morgan fingerprint density at radius 1 is 1.38 bits per heavy atom. The zero-order valence-corrected chi connectivity index (χ0v) is 11.5. The minimum Gasteiger partial charge on any atom is -0.337 e. The Kier molecular flexibility index (Phi) is 4.51. The van der Waals surface area contributed by atoms with Crippen molar-refractivity contribution in [3.8, 4) is 0 Å². The van der Waals surface area contributed by atoms with E-state index in [1.165, 1.54) is 11.0 Å². The van der Waals surface area contributed by atoms with Crippen LogP contribution in [0.4, 0.5) is 17.6 Å². The van der Waals surface area contributed by atoms with Gasteiger partial charge >= 0.3 is 0 Å². The highest BCUT2D eigenvalue weighted by Crippen LogP contribution is 2.26. The maximum atomic E-state index is 13.6. The number of nitrogens with one attached hydrogen (secondary N) is 1. The van der Waals surface area contributed by atoms with E-state index >= 15 is 0 Å². The Morgan fingerprint density at radius 2 is 2.00 bits per heavy atom. The topological polar surface area (TPSA) is 32.3 Å². The molecule has 21 heavy (non-hydrogen) atoms. The summed E-state index contributed by atoms with van der Waals surface area (Å²) in [7, 11) is 0. The number of likely N-dealkylation sites (N-methyl/N-ethyl adjacent to an activating group) is 1. The molecule has 0 bridgehead atoms. The van der Waals surface area contributed by atoms with Crippen molar-refractivity contribution >= 4 is 5.91 Å². The van der Waals surface area contributed by atoms with Gasteiger partial charge in [-0.15, -0.1) is 0 Å². The molecule has 1 amide bonds. The molecular formula is C14H16F4N2O. The van der Waals surface area contributed by atoms with Crippen LogP contribution in [0.15, 0.2) is 18.2 Å². The minimum absolute atomic E-state index is 0.177. The summed E-state index contributed by atoms with van der Waals surface area (Å²) in [6.07, 6.45) is -0.595. The molecule has 7 heteroatoms. The quantitative estimate of drug-likeness (QED) is 0.866. The Morgan fingerprint density at radius 3 is 2.48 bits per heavy atom. The van der Waals surface area contributed by atoms with Crippen LogP contribution < -0.4 is 5.32 Å². The third kappa shape index (κ3) is 3.53. The normalized spacial score (nSPS) is 20.5. The maximum absolute atomic E-state index is 13.6. The van der Waals surface area contributed by atoms with E-state index in [1.807, 2.05) is 0 Å². The van der Waals surface area contributed by atoms with Gasteiger partial charge in [-0.3, -0.25) is 10.1 Å². The first kappa shape index (κ1) is 15.8. The lowest BCUT2D eigenvalue weighted by Gasteiger charge is -2.24. The van der Waals surface area contributed by atoms with E-state index in [0.717, 1.165) is 12.1 Å². The van der Waals surface area contributed by atoms with Gasteiger partial charge in [0.05, 0.1) is 19.1 Å². The molecule has 1 N–H and O–H groups in total. The Hall–Kier alpha value is -1.63. The van der Waals surface area contributed by atoms with E-state index in [9.17, 15) is 22.4 Å². The maximum Gasteiger partial charge on any atom is 0.262 e. The summed E-state index contributed by atoms with van der Waals surface area (Å²) in [4.78, 5) is 13.3. The zero-order chi connectivity index (χ0) is 15.6. The van der Waals surface area contributed by atoms with Crippen LogP contribution in [-0.4, -0.2) is 35.9 Å². The number of hydrogen-bond acceptors (Lipinski definition) is 2. The molecule has 1 atom stereocenters. The largest absolute Gasteiger partial charge is 0.337 e. The molecule has 1 aliphatic rings. The van der Waals surface area contributed by atoms with Crippen molar-refractivity contribution in [2.45, 2.75) is 31.9 Å². The van der Waals surface area contributed by atoms with Crippen molar-refractivity contribution < 1.29 is 22.4 Å². The van der Waals surface area contributed by atoms with Crippen molar-refractivity contribution in [3.05, 3.63) is 35.4 Å². The summed E-state index contributed by atoms with van der Waals surface area (Å²) in [5, 5.41) is 2.45. The number of halogens is 4. The molecule has 0 spiro atoms. The third-order valence-corrected chi connectivity index (χ3v) is 3.51. The van der Waals surface area contributed by atoms with Gasteiger partial charge in [-0.05, 0) is 19.1 Å². The lowest BCUT2D eigenvalue weighted by Crippen LogP contribution is -2.43. The molecule has 0 radical (unpaired) electrons. The second-order valence-corrected chi connectivity index (χ2v) is 5.05. The predicted octanol–water partition coefficient (Wildman–Crippen LogP) is 2.31. The number of alkyl halides is 2. The minimum atomic E-state index is -2.93. The average Bonchev–Trinajstić information content (AvgIpc) is 2.78. The van der Waals surface area contributed by atoms with Crippen molar-refractivity contribution in [1.29, 1.82) is 0 Å². The van der Waals surface area contributed by atoms with Crippen LogP contribution in [0, 0.1) is 11.6 Å². The van der Waals surface area contributed by atoms with Gasteiger partial charge in [0.15, 0.2) is 0 Å². The number of nitrogens with zero attached hydrogens (tertiary/aromatic N) is 1. The van der Waals surface area contributed by atoms with Crippen molar-refractivity contribution in [3.63, 3.8) is 0 Å². The van der Waals surface area contributed by atoms with Crippen LogP contribution in [0.2, 0.25) is 0 Å². The molecule has 2 rings (SSSR count). The highest BCUT2D eigenvalue weighted by Gasteiger charge is 2.43. The molecule has 1 aliphatic heterocycles. The second kappa shape index (κ2) is 6.01. The molecule has 1 aromatic rings. The molecule has 116 valence electrons. The predicted molar refractivity (Wildman–Crippen MR) is 68.8 cm³/mol. The van der Waals surface area contributed by atoms with Gasteiger partial charge < -0.3 is 4.90 Å². The molecule has 3 nitrogen and oxygen atoms in total. The van der Waals surface area contributed by atoms with E-state index in [0.29, 0.717) is 0 Å². The fourth-order valence-electron chi connectivity index (χ4n) is 2.33. The molecular weight excluding hydrogens is 288 g/mol. The third-order valence-electron chi connectivity index (χ3n) is 3.51. The standard InChI is InChI=1S/C14H16F4N2O/c1-2-20(7-9-10(15)4-3-5-11(9)16)13(21)12-6-14(17,18)8-19-12/h3-5,12,19H,2,6-8H2,1H3. The number of rotatable bonds is 4. The van der Waals surface area contributed by atoms with Crippen LogP contribution in [0.25, 0.3) is 0 Å². The summed E-state index contributed by atoms with van der Waals surface area (Å²) in [5.41, 5.74) is -0.238. The summed E-state index contributed by atoms with van der Waals surface area (Å²) < 4.78 is 53.4. The van der Waals surface area contributed by atoms with Crippen molar-refractivity contribution in [1.82, 2.24) is 10.2 Å². The number of amides is 1. The SMILES string of the molecule is CCN(Cc1c(F)cccc1F)C(=O)C1CC(F)(F)CN1. The first-order valence-corrected chi connectivity index (χ1v) is 6.67. The smallest absolute Gasteiger partial charge is 0.262 e. The van der Waals surface area contributed by atoms with Crippen LogP contribution in [0.3, 0.4) is 0 Å². The number of carbonyl (C=O) groups excluding carboxylic acids is 1. The highest BCUT2D eigenvalue weighted by molar-refractivity contribution is 5.82. The summed E-state index contributed by atoms with van der Waals surface area (Å²) >= 11 is 0. The summed E-state index contributed by atoms with van der Waals surface area (Å²) in [6, 6.07) is 2.40. The fourth-order valence-corrected chi connectivity index (χ4v) is 2.33. The lowest BCUT2D eigenvalue weighted by atomic mass is 10.1. The van der Waals surface area contributed by atoms with E-state index in [4.69, 9.17) is 0 Å². The number of benzene rings is 1. The van der Waals surface area contributed by atoms with Gasteiger partial charge in [0.1, 0.15) is 11.6 Å². The fraction of sp³-hybridized carbons (Fsp3) is 0.500. The molecule has 0 aromatic heterocycles. The Labute approximate surface area is 119 Å². The first-order valence-electron chi connectivity index (χ1n) is 6.67. The van der Waals surface area contributed by atoms with Crippen molar-refractivity contribution in [2.24, 2.45) is 0 Å². The van der Waals surface area contributed by atoms with Gasteiger partial charge in [0.25, 0.3) is 5.92 Å². The van der Waals surface area contributed by atoms with Gasteiger partial charge in [-0.1, -0.05) is 6.07 Å². The monoisotopic (exact) mass is 304 g/mol. The van der Waals surface area contributed by atoms with Crippen LogP contribution in [0.5, 0.6) is 0 Å². The summed E-state index contributed by atoms with van der Waals surface area (Å²) in [6.45, 7) is 0.965. The van der Waals surface area contributed by atoms with Gasteiger partial charge in [0.2, 0.25) is 5.91 Å². The lowest BCUT2D eigenvalue weighted by molar-refractivity contribution is -0.134. The molecule has 0 saturated carbocycles. The molecule has 0 aliphatic carbocycles. The van der Waals surface area contributed by atoms with Crippen LogP contribution in [0.1, 0.15) is 18.9 Å².